The highest BCUT2D eigenvalue weighted by Gasteiger charge is 2.23. The van der Waals surface area contributed by atoms with Crippen molar-refractivity contribution in [1.82, 2.24) is 10.0 Å². The molecule has 1 amide bonds. The van der Waals surface area contributed by atoms with Crippen LogP contribution >= 0.6 is 0 Å². The molecule has 31 heavy (non-hydrogen) atoms. The summed E-state index contributed by atoms with van der Waals surface area (Å²) in [5.74, 6) is -0.719. The smallest absolute Gasteiger partial charge is 0.241 e. The summed E-state index contributed by atoms with van der Waals surface area (Å²) in [6.07, 6.45) is -0.0376. The van der Waals surface area contributed by atoms with Crippen molar-refractivity contribution in [3.05, 3.63) is 57.4 Å². The minimum atomic E-state index is -3.77. The summed E-state index contributed by atoms with van der Waals surface area (Å²) >= 11 is 0. The van der Waals surface area contributed by atoms with Crippen molar-refractivity contribution in [2.75, 3.05) is 13.7 Å². The molecule has 0 bridgehead atoms. The maximum absolute atomic E-state index is 13.9. The van der Waals surface area contributed by atoms with E-state index in [2.05, 4.69) is 10.0 Å². The van der Waals surface area contributed by atoms with Crippen LogP contribution in [0.15, 0.2) is 23.1 Å². The first kappa shape index (κ1) is 24.8. The summed E-state index contributed by atoms with van der Waals surface area (Å²) in [6.45, 7) is 11.1. The SMILES string of the molecule is COc1ccc(C(C)NC(=O)CCNS(=O)(=O)c2c(C)c(C)c(C)c(C)c2C)cc1F. The Morgan fingerprint density at radius 3 is 2.10 bits per heavy atom. The lowest BCUT2D eigenvalue weighted by molar-refractivity contribution is -0.121. The molecule has 0 radical (unpaired) electrons. The molecule has 0 saturated heterocycles. The zero-order valence-electron chi connectivity index (χ0n) is 19.1. The van der Waals surface area contributed by atoms with Gasteiger partial charge in [-0.2, -0.15) is 0 Å². The molecule has 2 rings (SSSR count). The van der Waals surface area contributed by atoms with E-state index in [1.807, 2.05) is 20.8 Å². The van der Waals surface area contributed by atoms with Crippen LogP contribution in [0.3, 0.4) is 0 Å². The molecule has 170 valence electrons. The number of sulfonamides is 1. The van der Waals surface area contributed by atoms with Gasteiger partial charge in [0.1, 0.15) is 0 Å². The Balaban J connectivity index is 2.03. The van der Waals surface area contributed by atoms with Crippen molar-refractivity contribution in [2.45, 2.75) is 58.9 Å². The molecular weight excluding hydrogens is 419 g/mol. The first-order valence-electron chi connectivity index (χ1n) is 10.1. The number of benzene rings is 2. The van der Waals surface area contributed by atoms with Crippen LogP contribution in [0.1, 0.15) is 52.8 Å². The van der Waals surface area contributed by atoms with Gasteiger partial charge in [-0.05, 0) is 87.1 Å². The van der Waals surface area contributed by atoms with E-state index >= 15 is 0 Å². The second kappa shape index (κ2) is 9.78. The molecule has 2 N–H and O–H groups in total. The van der Waals surface area contributed by atoms with Gasteiger partial charge in [-0.15, -0.1) is 0 Å². The highest BCUT2D eigenvalue weighted by Crippen LogP contribution is 2.29. The molecule has 6 nitrogen and oxygen atoms in total. The average Bonchev–Trinajstić information content (AvgIpc) is 2.70. The van der Waals surface area contributed by atoms with Gasteiger partial charge in [-0.3, -0.25) is 4.79 Å². The normalized spacial score (nSPS) is 12.5. The molecule has 2 aromatic carbocycles. The lowest BCUT2D eigenvalue weighted by atomic mass is 9.95. The summed E-state index contributed by atoms with van der Waals surface area (Å²) in [6, 6.07) is 4.04. The quantitative estimate of drug-likeness (QED) is 0.638. The van der Waals surface area contributed by atoms with Crippen LogP contribution in [-0.2, 0) is 14.8 Å². The Labute approximate surface area is 184 Å². The Hall–Kier alpha value is -2.45. The summed E-state index contributed by atoms with van der Waals surface area (Å²) < 4.78 is 47.1. The number of amides is 1. The molecule has 1 atom stereocenters. The van der Waals surface area contributed by atoms with Crippen LogP contribution in [0.4, 0.5) is 4.39 Å². The predicted octanol–water partition coefficient (Wildman–Crippen LogP) is 3.92. The third-order valence-corrected chi connectivity index (χ3v) is 7.63. The molecule has 0 fully saturated rings. The highest BCUT2D eigenvalue weighted by atomic mass is 32.2. The fourth-order valence-electron chi connectivity index (χ4n) is 3.59. The third-order valence-electron chi connectivity index (χ3n) is 5.90. The maximum Gasteiger partial charge on any atom is 0.241 e. The monoisotopic (exact) mass is 450 g/mol. The highest BCUT2D eigenvalue weighted by molar-refractivity contribution is 7.89. The molecule has 0 aliphatic carbocycles. The van der Waals surface area contributed by atoms with E-state index in [9.17, 15) is 17.6 Å². The number of hydrogen-bond acceptors (Lipinski definition) is 4. The first-order chi connectivity index (χ1) is 14.4. The largest absolute Gasteiger partial charge is 0.494 e. The van der Waals surface area contributed by atoms with Crippen molar-refractivity contribution in [3.8, 4) is 5.75 Å². The summed E-state index contributed by atoms with van der Waals surface area (Å²) in [7, 11) is -2.38. The number of nitrogens with one attached hydrogen (secondary N) is 2. The molecule has 1 unspecified atom stereocenters. The van der Waals surface area contributed by atoms with Crippen molar-refractivity contribution >= 4 is 15.9 Å². The van der Waals surface area contributed by atoms with Gasteiger partial charge in [-0.25, -0.2) is 17.5 Å². The summed E-state index contributed by atoms with van der Waals surface area (Å²) in [4.78, 5) is 12.6. The van der Waals surface area contributed by atoms with Crippen LogP contribution in [0.5, 0.6) is 5.75 Å². The van der Waals surface area contributed by atoms with Crippen LogP contribution in [0.25, 0.3) is 0 Å². The van der Waals surface area contributed by atoms with Crippen molar-refractivity contribution in [2.24, 2.45) is 0 Å². The van der Waals surface area contributed by atoms with Gasteiger partial charge in [-0.1, -0.05) is 6.07 Å². The standard InChI is InChI=1S/C23H31FN2O4S/c1-13-14(2)16(4)23(17(5)15(13)3)31(28,29)25-11-10-22(27)26-18(6)19-8-9-21(30-7)20(24)12-19/h8-9,12,18,25H,10-11H2,1-7H3,(H,26,27). The van der Waals surface area contributed by atoms with E-state index in [0.29, 0.717) is 16.7 Å². The predicted molar refractivity (Wildman–Crippen MR) is 119 cm³/mol. The number of halogens is 1. The van der Waals surface area contributed by atoms with Crippen LogP contribution in [-0.4, -0.2) is 28.0 Å². The lowest BCUT2D eigenvalue weighted by Gasteiger charge is -2.19. The summed E-state index contributed by atoms with van der Waals surface area (Å²) in [5.41, 5.74) is 4.99. The van der Waals surface area contributed by atoms with Gasteiger partial charge in [0.15, 0.2) is 11.6 Å². The fourth-order valence-corrected chi connectivity index (χ4v) is 5.22. The van der Waals surface area contributed by atoms with E-state index in [1.165, 1.54) is 19.2 Å². The number of rotatable bonds is 8. The van der Waals surface area contributed by atoms with Gasteiger partial charge in [0, 0.05) is 13.0 Å². The lowest BCUT2D eigenvalue weighted by Crippen LogP contribution is -2.32. The van der Waals surface area contributed by atoms with E-state index < -0.39 is 21.9 Å². The minimum Gasteiger partial charge on any atom is -0.494 e. The molecule has 8 heteroatoms. The minimum absolute atomic E-state index is 0.0376. The topological polar surface area (TPSA) is 84.5 Å². The van der Waals surface area contributed by atoms with Crippen molar-refractivity contribution in [3.63, 3.8) is 0 Å². The van der Waals surface area contributed by atoms with Crippen LogP contribution in [0.2, 0.25) is 0 Å². The molecule has 2 aromatic rings. The summed E-state index contributed by atoms with van der Waals surface area (Å²) in [5, 5.41) is 2.75. The van der Waals surface area contributed by atoms with Gasteiger partial charge in [0.2, 0.25) is 15.9 Å². The molecule has 0 aliphatic rings. The number of ether oxygens (including phenoxy) is 1. The molecule has 0 spiro atoms. The Morgan fingerprint density at radius 1 is 1.03 bits per heavy atom. The third kappa shape index (κ3) is 5.43. The molecule has 0 aliphatic heterocycles. The van der Waals surface area contributed by atoms with Gasteiger partial charge in [0.05, 0.1) is 18.0 Å². The Kier molecular flexibility index (Phi) is 7.83. The Bertz CT molecular complexity index is 1070. The zero-order valence-corrected chi connectivity index (χ0v) is 20.0. The second-order valence-electron chi connectivity index (χ2n) is 7.79. The van der Waals surface area contributed by atoms with Gasteiger partial charge in [0.25, 0.3) is 0 Å². The number of hydrogen-bond donors (Lipinski definition) is 2. The Morgan fingerprint density at radius 2 is 1.58 bits per heavy atom. The number of carbonyl (C=O) groups excluding carboxylic acids is 1. The van der Waals surface area contributed by atoms with Gasteiger partial charge < -0.3 is 10.1 Å². The van der Waals surface area contributed by atoms with E-state index in [4.69, 9.17) is 4.74 Å². The zero-order chi connectivity index (χ0) is 23.5. The van der Waals surface area contributed by atoms with Crippen LogP contribution in [0, 0.1) is 40.4 Å². The second-order valence-corrected chi connectivity index (χ2v) is 9.49. The molecular formula is C23H31FN2O4S. The van der Waals surface area contributed by atoms with E-state index in [1.54, 1.807) is 26.8 Å². The number of carbonyl (C=O) groups is 1. The van der Waals surface area contributed by atoms with E-state index in [-0.39, 0.29) is 29.5 Å². The van der Waals surface area contributed by atoms with Crippen molar-refractivity contribution in [1.29, 1.82) is 0 Å². The van der Waals surface area contributed by atoms with Gasteiger partial charge >= 0.3 is 0 Å². The average molecular weight is 451 g/mol. The number of methoxy groups -OCH3 is 1. The molecule has 0 saturated carbocycles. The first-order valence-corrected chi connectivity index (χ1v) is 11.6. The molecule has 0 aromatic heterocycles. The fraction of sp³-hybridized carbons (Fsp3) is 0.435. The molecule has 0 heterocycles. The van der Waals surface area contributed by atoms with E-state index in [0.717, 1.165) is 16.7 Å². The van der Waals surface area contributed by atoms with Crippen LogP contribution < -0.4 is 14.8 Å². The van der Waals surface area contributed by atoms with Crippen molar-refractivity contribution < 1.29 is 22.3 Å². The maximum atomic E-state index is 13.9.